The topological polar surface area (TPSA) is 41.1 Å². The molecule has 2 unspecified atom stereocenters. The maximum atomic E-state index is 12.0. The average Bonchev–Trinajstić information content (AvgIpc) is 2.39. The monoisotopic (exact) mass is 284 g/mol. The molecule has 0 saturated carbocycles. The van der Waals surface area contributed by atoms with Crippen molar-refractivity contribution < 1.29 is 4.79 Å². The Morgan fingerprint density at radius 2 is 1.89 bits per heavy atom. The molecule has 1 aromatic rings. The van der Waals surface area contributed by atoms with E-state index in [1.807, 2.05) is 32.2 Å². The van der Waals surface area contributed by atoms with Crippen LogP contribution in [0.5, 0.6) is 0 Å². The first kappa shape index (κ1) is 17.9. The molecule has 0 aliphatic carbocycles. The van der Waals surface area contributed by atoms with Crippen LogP contribution in [0, 0.1) is 5.92 Å². The lowest BCUT2D eigenvalue weighted by atomic mass is 10.0. The smallest absolute Gasteiger partial charge is 0.224 e. The minimum Gasteiger partial charge on any atom is -0.349 e. The zero-order valence-corrected chi connectivity index (χ0v) is 12.8. The molecule has 0 spiro atoms. The van der Waals surface area contributed by atoms with E-state index in [0.29, 0.717) is 6.54 Å². The summed E-state index contributed by atoms with van der Waals surface area (Å²) < 4.78 is 0. The minimum absolute atomic E-state index is 0. The minimum atomic E-state index is -0.00179. The van der Waals surface area contributed by atoms with Gasteiger partial charge in [-0.25, -0.2) is 0 Å². The van der Waals surface area contributed by atoms with Crippen LogP contribution in [0.4, 0.5) is 0 Å². The second-order valence-corrected chi connectivity index (χ2v) is 4.72. The van der Waals surface area contributed by atoms with Crippen molar-refractivity contribution in [3.05, 3.63) is 35.9 Å². The molecule has 0 fully saturated rings. The maximum absolute atomic E-state index is 12.0. The Morgan fingerprint density at radius 1 is 1.26 bits per heavy atom. The molecule has 0 bridgehead atoms. The Bertz CT molecular complexity index is 356. The molecule has 1 amide bonds. The zero-order chi connectivity index (χ0) is 13.4. The largest absolute Gasteiger partial charge is 0.349 e. The van der Waals surface area contributed by atoms with E-state index in [2.05, 4.69) is 29.7 Å². The molecule has 0 aliphatic heterocycles. The highest BCUT2D eigenvalue weighted by Gasteiger charge is 2.17. The van der Waals surface area contributed by atoms with Crippen LogP contribution >= 0.6 is 12.4 Å². The van der Waals surface area contributed by atoms with Crippen LogP contribution in [-0.4, -0.2) is 19.5 Å². The van der Waals surface area contributed by atoms with Crippen LogP contribution in [0.25, 0.3) is 0 Å². The highest BCUT2D eigenvalue weighted by Crippen LogP contribution is 2.18. The van der Waals surface area contributed by atoms with E-state index in [1.165, 1.54) is 5.56 Å². The molecule has 0 saturated heterocycles. The fraction of sp³-hybridized carbons (Fsp3) is 0.533. The van der Waals surface area contributed by atoms with Crippen molar-refractivity contribution in [1.82, 2.24) is 10.6 Å². The Labute approximate surface area is 122 Å². The number of amides is 1. The van der Waals surface area contributed by atoms with Gasteiger partial charge in [0.2, 0.25) is 5.91 Å². The first-order valence-electron chi connectivity index (χ1n) is 6.69. The van der Waals surface area contributed by atoms with Gasteiger partial charge in [0.05, 0.1) is 6.04 Å². The Balaban J connectivity index is 0.00000324. The summed E-state index contributed by atoms with van der Waals surface area (Å²) in [6.45, 7) is 4.79. The quantitative estimate of drug-likeness (QED) is 0.808. The van der Waals surface area contributed by atoms with Gasteiger partial charge in [0.15, 0.2) is 0 Å². The third kappa shape index (κ3) is 6.08. The number of nitrogens with one attached hydrogen (secondary N) is 2. The van der Waals surface area contributed by atoms with Gasteiger partial charge in [0.25, 0.3) is 0 Å². The summed E-state index contributed by atoms with van der Waals surface area (Å²) in [6.07, 6.45) is 2.03. The van der Waals surface area contributed by atoms with Gasteiger partial charge in [-0.15, -0.1) is 12.4 Å². The van der Waals surface area contributed by atoms with Crippen molar-refractivity contribution in [2.45, 2.75) is 32.7 Å². The number of carbonyl (C=O) groups is 1. The van der Waals surface area contributed by atoms with Crippen molar-refractivity contribution in [2.75, 3.05) is 13.6 Å². The summed E-state index contributed by atoms with van der Waals surface area (Å²) in [7, 11) is 1.87. The van der Waals surface area contributed by atoms with Gasteiger partial charge in [-0.3, -0.25) is 4.79 Å². The fourth-order valence-corrected chi connectivity index (χ4v) is 2.01. The molecule has 2 N–H and O–H groups in total. The van der Waals surface area contributed by atoms with E-state index < -0.39 is 0 Å². The zero-order valence-electron chi connectivity index (χ0n) is 12.0. The van der Waals surface area contributed by atoms with Crippen molar-refractivity contribution in [1.29, 1.82) is 0 Å². The highest BCUT2D eigenvalue weighted by atomic mass is 35.5. The van der Waals surface area contributed by atoms with Crippen LogP contribution in [0.15, 0.2) is 30.3 Å². The lowest BCUT2D eigenvalue weighted by Crippen LogP contribution is -2.36. The maximum Gasteiger partial charge on any atom is 0.224 e. The van der Waals surface area contributed by atoms with E-state index in [-0.39, 0.29) is 30.3 Å². The third-order valence-corrected chi connectivity index (χ3v) is 3.05. The van der Waals surface area contributed by atoms with Crippen molar-refractivity contribution in [2.24, 2.45) is 5.92 Å². The first-order chi connectivity index (χ1) is 8.69. The van der Waals surface area contributed by atoms with Crippen molar-refractivity contribution in [3.63, 3.8) is 0 Å². The number of hydrogen-bond donors (Lipinski definition) is 2. The molecule has 4 heteroatoms. The average molecular weight is 285 g/mol. The molecule has 2 atom stereocenters. The number of rotatable bonds is 7. The number of hydrogen-bond acceptors (Lipinski definition) is 2. The molecule has 3 nitrogen and oxygen atoms in total. The molecule has 0 radical (unpaired) electrons. The molecule has 0 aromatic heterocycles. The van der Waals surface area contributed by atoms with E-state index >= 15 is 0 Å². The lowest BCUT2D eigenvalue weighted by molar-refractivity contribution is -0.125. The predicted octanol–water partition coefficient (Wildman–Crippen LogP) is 2.92. The predicted molar refractivity (Wildman–Crippen MR) is 82.6 cm³/mol. The van der Waals surface area contributed by atoms with E-state index in [1.54, 1.807) is 0 Å². The van der Waals surface area contributed by atoms with E-state index in [0.717, 1.165) is 12.8 Å². The lowest BCUT2D eigenvalue weighted by Gasteiger charge is -2.21. The van der Waals surface area contributed by atoms with Crippen LogP contribution in [0.3, 0.4) is 0 Å². The van der Waals surface area contributed by atoms with E-state index in [4.69, 9.17) is 0 Å². The number of benzene rings is 1. The van der Waals surface area contributed by atoms with Gasteiger partial charge in [0.1, 0.15) is 0 Å². The van der Waals surface area contributed by atoms with Gasteiger partial charge in [-0.1, -0.05) is 50.6 Å². The van der Waals surface area contributed by atoms with Crippen LogP contribution in [0.2, 0.25) is 0 Å². The number of carbonyl (C=O) groups excluding carboxylic acids is 1. The molecule has 0 aliphatic rings. The Morgan fingerprint density at radius 3 is 2.42 bits per heavy atom. The Hall–Kier alpha value is -1.06. The van der Waals surface area contributed by atoms with Gasteiger partial charge in [-0.05, 0) is 19.0 Å². The van der Waals surface area contributed by atoms with Crippen molar-refractivity contribution in [3.8, 4) is 0 Å². The molecule has 19 heavy (non-hydrogen) atoms. The standard InChI is InChI=1S/C15H24N2O.ClH/c1-4-8-14(13-9-6-5-7-10-13)17-15(18)12(2)11-16-3;/h5-7,9-10,12,14,16H,4,8,11H2,1-3H3,(H,17,18);1H. The molecule has 1 rings (SSSR count). The third-order valence-electron chi connectivity index (χ3n) is 3.05. The second-order valence-electron chi connectivity index (χ2n) is 4.72. The van der Waals surface area contributed by atoms with Crippen molar-refractivity contribution >= 4 is 18.3 Å². The molecule has 108 valence electrons. The SMILES string of the molecule is CCCC(NC(=O)C(C)CNC)c1ccccc1.Cl. The summed E-state index contributed by atoms with van der Waals surface area (Å²) >= 11 is 0. The van der Waals surface area contributed by atoms with Gasteiger partial charge < -0.3 is 10.6 Å². The number of halogens is 1. The first-order valence-corrected chi connectivity index (χ1v) is 6.69. The fourth-order valence-electron chi connectivity index (χ4n) is 2.01. The van der Waals surface area contributed by atoms with Gasteiger partial charge in [0, 0.05) is 12.5 Å². The van der Waals surface area contributed by atoms with Gasteiger partial charge >= 0.3 is 0 Å². The molecule has 0 heterocycles. The highest BCUT2D eigenvalue weighted by molar-refractivity contribution is 5.85. The summed E-state index contributed by atoms with van der Waals surface area (Å²) in [5.74, 6) is 0.115. The van der Waals surface area contributed by atoms with Crippen LogP contribution in [0.1, 0.15) is 38.3 Å². The summed E-state index contributed by atoms with van der Waals surface area (Å²) in [5, 5.41) is 6.17. The normalized spacial score (nSPS) is 13.2. The summed E-state index contributed by atoms with van der Waals surface area (Å²) in [4.78, 5) is 12.0. The van der Waals surface area contributed by atoms with Gasteiger partial charge in [-0.2, -0.15) is 0 Å². The molecule has 1 aromatic carbocycles. The second kappa shape index (κ2) is 9.82. The van der Waals surface area contributed by atoms with Crippen LogP contribution < -0.4 is 10.6 Å². The molecular weight excluding hydrogens is 260 g/mol. The van der Waals surface area contributed by atoms with Crippen LogP contribution in [-0.2, 0) is 4.79 Å². The molecular formula is C15H25ClN2O. The Kier molecular flexibility index (Phi) is 9.27. The van der Waals surface area contributed by atoms with E-state index in [9.17, 15) is 4.79 Å². The summed E-state index contributed by atoms with van der Waals surface area (Å²) in [5.41, 5.74) is 1.18. The summed E-state index contributed by atoms with van der Waals surface area (Å²) in [6, 6.07) is 10.3.